The molecule has 0 amide bonds. The molecule has 2 aromatic rings. The number of anilines is 1. The highest BCUT2D eigenvalue weighted by molar-refractivity contribution is 6.03. The Morgan fingerprint density at radius 2 is 1.73 bits per heavy atom. The number of carbonyl (C=O) groups excluding carboxylic acids is 1. The molecule has 0 saturated heterocycles. The van der Waals surface area contributed by atoms with Crippen LogP contribution in [0.4, 0.5) is 5.69 Å². The fraction of sp³-hybridized carbons (Fsp3) is 0.382. The van der Waals surface area contributed by atoms with E-state index in [1.165, 1.54) is 0 Å². The molecule has 0 atom stereocenters. The molecular weight excluding hydrogens is 516 g/mol. The molecule has 2 aliphatic rings. The second kappa shape index (κ2) is 12.6. The normalized spacial score (nSPS) is 11.6. The minimum atomic E-state index is -0.964. The van der Waals surface area contributed by atoms with Crippen LogP contribution in [0.15, 0.2) is 65.1 Å². The number of carboxylic acid groups (broad SMARTS) is 1. The molecule has 0 spiro atoms. The molecule has 2 aromatic carbocycles. The van der Waals surface area contributed by atoms with Gasteiger partial charge in [0.05, 0.1) is 23.6 Å². The van der Waals surface area contributed by atoms with Crippen LogP contribution in [-0.2, 0) is 9.53 Å². The van der Waals surface area contributed by atoms with E-state index in [1.54, 1.807) is 18.2 Å². The third kappa shape index (κ3) is 6.29. The van der Waals surface area contributed by atoms with E-state index in [-0.39, 0.29) is 11.5 Å². The lowest BCUT2D eigenvalue weighted by molar-refractivity contribution is -0.153. The summed E-state index contributed by atoms with van der Waals surface area (Å²) in [5.74, 6) is -0.421. The van der Waals surface area contributed by atoms with E-state index in [0.717, 1.165) is 64.9 Å². The van der Waals surface area contributed by atoms with Gasteiger partial charge in [-0.05, 0) is 76.9 Å². The molecule has 0 radical (unpaired) electrons. The Kier molecular flexibility index (Phi) is 9.16. The average Bonchev–Trinajstić information content (AvgIpc) is 2.98. The molecule has 4 rings (SSSR count). The third-order valence-electron chi connectivity index (χ3n) is 7.99. The van der Waals surface area contributed by atoms with Crippen molar-refractivity contribution >= 4 is 28.6 Å². The van der Waals surface area contributed by atoms with Crippen LogP contribution in [0.2, 0.25) is 0 Å². The number of hydrogen-bond acceptors (Lipinski definition) is 5. The molecule has 41 heavy (non-hydrogen) atoms. The van der Waals surface area contributed by atoms with E-state index >= 15 is 0 Å². The van der Waals surface area contributed by atoms with E-state index in [1.807, 2.05) is 45.0 Å². The molecule has 1 aliphatic carbocycles. The highest BCUT2D eigenvalue weighted by Crippen LogP contribution is 2.41. The highest BCUT2D eigenvalue weighted by atomic mass is 16.5. The summed E-state index contributed by atoms with van der Waals surface area (Å²) in [5, 5.41) is 11.6. The Morgan fingerprint density at radius 1 is 0.976 bits per heavy atom. The molecule has 7 nitrogen and oxygen atoms in total. The maximum Gasteiger partial charge on any atom is 0.335 e. The number of benzene rings is 3. The Bertz CT molecular complexity index is 1590. The number of ether oxygens (including phenoxy) is 1. The largest absolute Gasteiger partial charge is 0.478 e. The number of likely N-dealkylation sites (N-methyl/N-ethyl adjacent to an activating group) is 1. The number of esters is 1. The number of aromatic carboxylic acids is 1. The van der Waals surface area contributed by atoms with Crippen molar-refractivity contribution in [2.75, 3.05) is 37.7 Å². The van der Waals surface area contributed by atoms with Crippen LogP contribution in [0.1, 0.15) is 58.3 Å². The van der Waals surface area contributed by atoms with E-state index in [4.69, 9.17) is 9.15 Å². The molecule has 0 aromatic heterocycles. The second-order valence-corrected chi connectivity index (χ2v) is 10.8. The highest BCUT2D eigenvalue weighted by Gasteiger charge is 2.27. The van der Waals surface area contributed by atoms with Gasteiger partial charge in [-0.3, -0.25) is 4.79 Å². The van der Waals surface area contributed by atoms with Gasteiger partial charge in [0, 0.05) is 40.9 Å². The van der Waals surface area contributed by atoms with Crippen LogP contribution in [0.5, 0.6) is 0 Å². The lowest BCUT2D eigenvalue weighted by atomic mass is 9.91. The van der Waals surface area contributed by atoms with Crippen LogP contribution < -0.4 is 14.8 Å². The van der Waals surface area contributed by atoms with Gasteiger partial charge in [-0.25, -0.2) is 9.37 Å². The monoisotopic (exact) mass is 557 g/mol. The van der Waals surface area contributed by atoms with Gasteiger partial charge in [0.25, 0.3) is 0 Å². The van der Waals surface area contributed by atoms with E-state index in [9.17, 15) is 14.7 Å². The summed E-state index contributed by atoms with van der Waals surface area (Å²) in [6.07, 6.45) is 0.719. The second-order valence-electron chi connectivity index (χ2n) is 10.8. The fourth-order valence-electron chi connectivity index (χ4n) is 5.03. The zero-order chi connectivity index (χ0) is 29.7. The third-order valence-corrected chi connectivity index (χ3v) is 7.99. The molecule has 0 saturated carbocycles. The molecule has 7 heteroatoms. The lowest BCUT2D eigenvalue weighted by Gasteiger charge is -2.25. The molecule has 0 unspecified atom stereocenters. The van der Waals surface area contributed by atoms with Gasteiger partial charge in [0.15, 0.2) is 0 Å². The summed E-state index contributed by atoms with van der Waals surface area (Å²) >= 11 is 0. The van der Waals surface area contributed by atoms with Crippen LogP contribution in [0.3, 0.4) is 0 Å². The van der Waals surface area contributed by atoms with E-state index in [0.29, 0.717) is 18.7 Å². The first-order chi connectivity index (χ1) is 19.6. The summed E-state index contributed by atoms with van der Waals surface area (Å²) in [6.45, 7) is 15.4. The zero-order valence-corrected chi connectivity index (χ0v) is 25.0. The minimum absolute atomic E-state index is 0.187. The van der Waals surface area contributed by atoms with Crippen LogP contribution in [0.25, 0.3) is 33.4 Å². The SMILES string of the molecule is CCN(CCOC(=O)C(C)(C)CC)c1ccc2c(-c3cccc(C(=O)O)c3)c3ccc(=[N+](CC)CC)cc-3oc2c1. The number of rotatable bonds is 11. The number of hydrogen-bond donors (Lipinski definition) is 1. The van der Waals surface area contributed by atoms with Crippen LogP contribution >= 0.6 is 0 Å². The molecule has 1 heterocycles. The molecule has 0 fully saturated rings. The number of carbonyl (C=O) groups is 2. The van der Waals surface area contributed by atoms with Gasteiger partial charge < -0.3 is 19.2 Å². The van der Waals surface area contributed by atoms with Gasteiger partial charge in [-0.15, -0.1) is 0 Å². The van der Waals surface area contributed by atoms with Gasteiger partial charge in [0.2, 0.25) is 5.36 Å². The molecular formula is C34H41N2O5+. The van der Waals surface area contributed by atoms with Crippen molar-refractivity contribution in [1.29, 1.82) is 0 Å². The predicted octanol–water partition coefficient (Wildman–Crippen LogP) is 6.52. The van der Waals surface area contributed by atoms with Crippen molar-refractivity contribution in [3.63, 3.8) is 0 Å². The van der Waals surface area contributed by atoms with Gasteiger partial charge in [-0.1, -0.05) is 19.1 Å². The van der Waals surface area contributed by atoms with Crippen molar-refractivity contribution < 1.29 is 23.8 Å². The van der Waals surface area contributed by atoms with Crippen LogP contribution in [0, 0.1) is 5.41 Å². The molecule has 1 aliphatic heterocycles. The number of fused-ring (bicyclic) bond motifs is 2. The van der Waals surface area contributed by atoms with Crippen LogP contribution in [-0.4, -0.2) is 49.8 Å². The van der Waals surface area contributed by atoms with Crippen molar-refractivity contribution in [3.8, 4) is 22.5 Å². The van der Waals surface area contributed by atoms with Crippen molar-refractivity contribution in [1.82, 2.24) is 4.58 Å². The maximum absolute atomic E-state index is 12.5. The first-order valence-electron chi connectivity index (χ1n) is 14.5. The maximum atomic E-state index is 12.5. The quantitative estimate of drug-likeness (QED) is 0.128. The number of nitrogens with zero attached hydrogens (tertiary/aromatic N) is 2. The van der Waals surface area contributed by atoms with Gasteiger partial charge in [-0.2, -0.15) is 0 Å². The summed E-state index contributed by atoms with van der Waals surface area (Å²) in [7, 11) is 0. The summed E-state index contributed by atoms with van der Waals surface area (Å²) in [5.41, 5.74) is 4.06. The Labute approximate surface area is 242 Å². The Morgan fingerprint density at radius 3 is 2.39 bits per heavy atom. The van der Waals surface area contributed by atoms with E-state index in [2.05, 4.69) is 48.4 Å². The van der Waals surface area contributed by atoms with Gasteiger partial charge in [0.1, 0.15) is 31.0 Å². The zero-order valence-electron chi connectivity index (χ0n) is 25.0. The van der Waals surface area contributed by atoms with Gasteiger partial charge >= 0.3 is 11.9 Å². The molecule has 216 valence electrons. The minimum Gasteiger partial charge on any atom is -0.478 e. The predicted molar refractivity (Wildman–Crippen MR) is 165 cm³/mol. The standard InChI is InChI=1S/C34H40N2O5/c1-7-34(5,6)33(39)40-19-18-36(10-4)26-15-17-28-30(22-26)41-29-21-25(35(8-2)9-3)14-16-27(29)31(28)23-12-11-13-24(20-23)32(37)38/h11-17,20-22H,7-10,18-19H2,1-6H3/p+1. The smallest absolute Gasteiger partial charge is 0.335 e. The van der Waals surface area contributed by atoms with E-state index < -0.39 is 11.4 Å². The number of carboxylic acids is 1. The summed E-state index contributed by atoms with van der Waals surface area (Å²) in [6, 6.07) is 19.3. The van der Waals surface area contributed by atoms with Crippen molar-refractivity contribution in [2.24, 2.45) is 5.41 Å². The Balaban J connectivity index is 1.84. The van der Waals surface area contributed by atoms with Crippen molar-refractivity contribution in [3.05, 3.63) is 71.6 Å². The summed E-state index contributed by atoms with van der Waals surface area (Å²) < 4.78 is 14.4. The first-order valence-corrected chi connectivity index (χ1v) is 14.5. The van der Waals surface area contributed by atoms with Crippen molar-refractivity contribution in [2.45, 2.75) is 48.0 Å². The first kappa shape index (κ1) is 29.8. The lowest BCUT2D eigenvalue weighted by Crippen LogP contribution is -2.31. The molecule has 0 bridgehead atoms. The average molecular weight is 558 g/mol. The Hall–Kier alpha value is -4.13. The summed E-state index contributed by atoms with van der Waals surface area (Å²) in [4.78, 5) is 26.4. The fourth-order valence-corrected chi connectivity index (χ4v) is 5.03. The molecule has 1 N–H and O–H groups in total. The topological polar surface area (TPSA) is 83.0 Å².